The molecule has 2 heterocycles. The molecule has 1 amide bonds. The van der Waals surface area contributed by atoms with E-state index in [0.717, 1.165) is 21.8 Å². The van der Waals surface area contributed by atoms with Gasteiger partial charge in [-0.3, -0.25) is 4.79 Å². The summed E-state index contributed by atoms with van der Waals surface area (Å²) in [4.78, 5) is 19.2. The lowest BCUT2D eigenvalue weighted by Gasteiger charge is -2.18. The Labute approximate surface area is 162 Å². The fourth-order valence-electron chi connectivity index (χ4n) is 2.61. The number of hydrogen-bond donors (Lipinski definition) is 0. The lowest BCUT2D eigenvalue weighted by molar-refractivity contribution is -0.132. The van der Waals surface area contributed by atoms with E-state index >= 15 is 0 Å². The Balaban J connectivity index is 1.59. The molecule has 27 heavy (non-hydrogen) atoms. The van der Waals surface area contributed by atoms with Crippen molar-refractivity contribution < 1.29 is 14.1 Å². The van der Waals surface area contributed by atoms with E-state index in [4.69, 9.17) is 9.26 Å². The predicted molar refractivity (Wildman–Crippen MR) is 105 cm³/mol. The number of aromatic nitrogens is 2. The molecule has 3 aromatic rings. The van der Waals surface area contributed by atoms with Gasteiger partial charge < -0.3 is 14.2 Å². The number of carbonyl (C=O) groups excluding carboxylic acids is 1. The molecule has 0 N–H and O–H groups in total. The Morgan fingerprint density at radius 2 is 2.15 bits per heavy atom. The molecule has 0 atom stereocenters. The maximum Gasteiger partial charge on any atom is 0.260 e. The summed E-state index contributed by atoms with van der Waals surface area (Å²) in [5.74, 6) is 1.86. The number of carbonyl (C=O) groups is 1. The fourth-order valence-corrected chi connectivity index (χ4v) is 3.26. The number of hydrogen-bond acceptors (Lipinski definition) is 6. The van der Waals surface area contributed by atoms with Gasteiger partial charge in [0.2, 0.25) is 11.7 Å². The van der Waals surface area contributed by atoms with Crippen LogP contribution in [-0.2, 0) is 11.3 Å². The molecule has 0 saturated heterocycles. The minimum Gasteiger partial charge on any atom is -0.483 e. The summed E-state index contributed by atoms with van der Waals surface area (Å²) in [5, 5.41) is 5.91. The summed E-state index contributed by atoms with van der Waals surface area (Å²) in [6.07, 6.45) is 0. The third kappa shape index (κ3) is 4.74. The molecule has 0 unspecified atom stereocenters. The van der Waals surface area contributed by atoms with Crippen LogP contribution in [0.1, 0.15) is 36.8 Å². The second kappa shape index (κ2) is 8.35. The molecule has 0 fully saturated rings. The highest BCUT2D eigenvalue weighted by molar-refractivity contribution is 7.13. The maximum atomic E-state index is 12.4. The summed E-state index contributed by atoms with van der Waals surface area (Å²) in [6.45, 7) is 6.42. The third-order valence-electron chi connectivity index (χ3n) is 4.15. The zero-order chi connectivity index (χ0) is 19.4. The van der Waals surface area contributed by atoms with Crippen LogP contribution in [0.3, 0.4) is 0 Å². The van der Waals surface area contributed by atoms with Crippen molar-refractivity contribution in [2.75, 3.05) is 13.7 Å². The van der Waals surface area contributed by atoms with Crippen molar-refractivity contribution in [3.63, 3.8) is 0 Å². The topological polar surface area (TPSA) is 68.5 Å². The average molecular weight is 385 g/mol. The van der Waals surface area contributed by atoms with Crippen molar-refractivity contribution in [3.8, 4) is 16.5 Å². The molecule has 0 spiro atoms. The SMILES string of the molecule is Cc1ccc(C(C)C)c(OCC(=O)N(C)Cc2nc(-c3cccs3)no2)c1. The monoisotopic (exact) mass is 385 g/mol. The summed E-state index contributed by atoms with van der Waals surface area (Å²) in [7, 11) is 1.69. The van der Waals surface area contributed by atoms with Gasteiger partial charge in [0, 0.05) is 7.05 Å². The van der Waals surface area contributed by atoms with Crippen molar-refractivity contribution in [2.24, 2.45) is 0 Å². The molecular formula is C20H23N3O3S. The summed E-state index contributed by atoms with van der Waals surface area (Å²) in [5.41, 5.74) is 2.19. The molecule has 0 aliphatic rings. The van der Waals surface area contributed by atoms with Crippen molar-refractivity contribution >= 4 is 17.2 Å². The Morgan fingerprint density at radius 3 is 2.85 bits per heavy atom. The number of amides is 1. The van der Waals surface area contributed by atoms with E-state index in [2.05, 4.69) is 30.1 Å². The van der Waals surface area contributed by atoms with Crippen LogP contribution in [0.15, 0.2) is 40.2 Å². The number of rotatable bonds is 7. The van der Waals surface area contributed by atoms with Gasteiger partial charge in [0.15, 0.2) is 6.61 Å². The molecule has 0 bridgehead atoms. The van der Waals surface area contributed by atoms with Crippen LogP contribution in [-0.4, -0.2) is 34.6 Å². The molecule has 0 aliphatic heterocycles. The lowest BCUT2D eigenvalue weighted by atomic mass is 10.0. The normalized spacial score (nSPS) is 11.0. The van der Waals surface area contributed by atoms with E-state index in [1.807, 2.05) is 36.6 Å². The first kappa shape index (κ1) is 19.1. The van der Waals surface area contributed by atoms with Gasteiger partial charge in [-0.1, -0.05) is 37.2 Å². The number of likely N-dealkylation sites (N-methyl/N-ethyl adjacent to an activating group) is 1. The van der Waals surface area contributed by atoms with Gasteiger partial charge in [-0.15, -0.1) is 11.3 Å². The average Bonchev–Trinajstić information content (AvgIpc) is 3.30. The zero-order valence-corrected chi connectivity index (χ0v) is 16.7. The summed E-state index contributed by atoms with van der Waals surface area (Å²) in [6, 6.07) is 9.93. The quantitative estimate of drug-likeness (QED) is 0.608. The summed E-state index contributed by atoms with van der Waals surface area (Å²) < 4.78 is 11.1. The van der Waals surface area contributed by atoms with E-state index in [1.54, 1.807) is 7.05 Å². The molecule has 2 aromatic heterocycles. The lowest BCUT2D eigenvalue weighted by Crippen LogP contribution is -2.31. The van der Waals surface area contributed by atoms with Gasteiger partial charge in [0.05, 0.1) is 11.4 Å². The number of nitrogens with zero attached hydrogens (tertiary/aromatic N) is 3. The minimum absolute atomic E-state index is 0.0361. The van der Waals surface area contributed by atoms with Crippen LogP contribution in [0.5, 0.6) is 5.75 Å². The highest BCUT2D eigenvalue weighted by Crippen LogP contribution is 2.27. The van der Waals surface area contributed by atoms with E-state index < -0.39 is 0 Å². The Morgan fingerprint density at radius 1 is 1.33 bits per heavy atom. The van der Waals surface area contributed by atoms with E-state index in [1.165, 1.54) is 16.2 Å². The first-order valence-electron chi connectivity index (χ1n) is 8.78. The number of ether oxygens (including phenoxy) is 1. The second-order valence-corrected chi connectivity index (χ2v) is 7.67. The van der Waals surface area contributed by atoms with Crippen molar-refractivity contribution in [1.29, 1.82) is 0 Å². The first-order chi connectivity index (χ1) is 12.9. The number of benzene rings is 1. The van der Waals surface area contributed by atoms with Gasteiger partial charge in [0.25, 0.3) is 5.91 Å². The standard InChI is InChI=1S/C20H23N3O3S/c1-13(2)15-8-7-14(3)10-16(15)25-12-19(24)23(4)11-18-21-20(22-26-18)17-6-5-9-27-17/h5-10,13H,11-12H2,1-4H3. The van der Waals surface area contributed by atoms with Crippen LogP contribution in [0, 0.1) is 6.92 Å². The smallest absolute Gasteiger partial charge is 0.260 e. The van der Waals surface area contributed by atoms with E-state index in [0.29, 0.717) is 17.6 Å². The van der Waals surface area contributed by atoms with Gasteiger partial charge in [-0.25, -0.2) is 0 Å². The van der Waals surface area contributed by atoms with Crippen LogP contribution >= 0.6 is 11.3 Å². The van der Waals surface area contributed by atoms with Crippen LogP contribution in [0.4, 0.5) is 0 Å². The molecule has 3 rings (SSSR count). The highest BCUT2D eigenvalue weighted by Gasteiger charge is 2.17. The van der Waals surface area contributed by atoms with Crippen LogP contribution in [0.25, 0.3) is 10.7 Å². The van der Waals surface area contributed by atoms with E-state index in [-0.39, 0.29) is 19.1 Å². The van der Waals surface area contributed by atoms with Gasteiger partial charge >= 0.3 is 0 Å². The first-order valence-corrected chi connectivity index (χ1v) is 9.65. The Bertz CT molecular complexity index is 903. The molecule has 0 radical (unpaired) electrons. The highest BCUT2D eigenvalue weighted by atomic mass is 32.1. The number of aryl methyl sites for hydroxylation is 1. The molecule has 6 nitrogen and oxygen atoms in total. The van der Waals surface area contributed by atoms with E-state index in [9.17, 15) is 4.79 Å². The largest absolute Gasteiger partial charge is 0.483 e. The molecular weight excluding hydrogens is 362 g/mol. The minimum atomic E-state index is -0.151. The second-order valence-electron chi connectivity index (χ2n) is 6.72. The summed E-state index contributed by atoms with van der Waals surface area (Å²) >= 11 is 1.54. The maximum absolute atomic E-state index is 12.4. The molecule has 0 saturated carbocycles. The molecule has 7 heteroatoms. The number of thiophene rings is 1. The van der Waals surface area contributed by atoms with Crippen molar-refractivity contribution in [1.82, 2.24) is 15.0 Å². The molecule has 0 aliphatic carbocycles. The van der Waals surface area contributed by atoms with Gasteiger partial charge in [0.1, 0.15) is 5.75 Å². The van der Waals surface area contributed by atoms with Gasteiger partial charge in [-0.05, 0) is 41.5 Å². The molecule has 1 aromatic carbocycles. The van der Waals surface area contributed by atoms with Crippen LogP contribution < -0.4 is 4.74 Å². The molecule has 142 valence electrons. The van der Waals surface area contributed by atoms with Crippen LogP contribution in [0.2, 0.25) is 0 Å². The van der Waals surface area contributed by atoms with Crippen molar-refractivity contribution in [2.45, 2.75) is 33.2 Å². The fraction of sp³-hybridized carbons (Fsp3) is 0.350. The Kier molecular flexibility index (Phi) is 5.91. The van der Waals surface area contributed by atoms with Crippen molar-refractivity contribution in [3.05, 3.63) is 52.7 Å². The zero-order valence-electron chi connectivity index (χ0n) is 15.9. The third-order valence-corrected chi connectivity index (χ3v) is 5.02. The predicted octanol–water partition coefficient (Wildman–Crippen LogP) is 4.27. The Hall–Kier alpha value is -2.67. The van der Waals surface area contributed by atoms with Gasteiger partial charge in [-0.2, -0.15) is 4.98 Å².